The third-order valence-electron chi connectivity index (χ3n) is 3.09. The van der Waals surface area contributed by atoms with Crippen molar-refractivity contribution in [3.05, 3.63) is 40.4 Å². The Kier molecular flexibility index (Phi) is 5.00. The standard InChI is InChI=1S/C15H17BrO2/c16-15-9-8-14(10-12(15)11-17)18-13-6-4-2-1-3-5-7-13/h4,6,8-11,13H,1-3,5,7H2/b6-4+. The lowest BCUT2D eigenvalue weighted by atomic mass is 10.0. The molecule has 1 aromatic carbocycles. The third-order valence-corrected chi connectivity index (χ3v) is 3.81. The molecular formula is C15H17BrO2. The maximum absolute atomic E-state index is 10.9. The van der Waals surface area contributed by atoms with Crippen LogP contribution in [0.1, 0.15) is 42.5 Å². The second-order valence-corrected chi connectivity index (χ2v) is 5.38. The van der Waals surface area contributed by atoms with Crippen LogP contribution in [0.5, 0.6) is 5.75 Å². The molecule has 1 unspecified atom stereocenters. The largest absolute Gasteiger partial charge is 0.486 e. The number of carbonyl (C=O) groups excluding carboxylic acids is 1. The zero-order valence-corrected chi connectivity index (χ0v) is 11.9. The molecule has 0 bridgehead atoms. The first-order valence-electron chi connectivity index (χ1n) is 6.37. The van der Waals surface area contributed by atoms with Gasteiger partial charge in [-0.1, -0.05) is 28.4 Å². The molecular weight excluding hydrogens is 292 g/mol. The summed E-state index contributed by atoms with van der Waals surface area (Å²) in [5, 5.41) is 0. The van der Waals surface area contributed by atoms with E-state index in [1.165, 1.54) is 19.3 Å². The summed E-state index contributed by atoms with van der Waals surface area (Å²) in [6.45, 7) is 0. The van der Waals surface area contributed by atoms with E-state index in [-0.39, 0.29) is 6.10 Å². The summed E-state index contributed by atoms with van der Waals surface area (Å²) in [4.78, 5) is 10.9. The lowest BCUT2D eigenvalue weighted by Gasteiger charge is -2.17. The number of hydrogen-bond donors (Lipinski definition) is 0. The molecule has 0 aliphatic heterocycles. The summed E-state index contributed by atoms with van der Waals surface area (Å²) in [7, 11) is 0. The Bertz CT molecular complexity index is 440. The van der Waals surface area contributed by atoms with E-state index >= 15 is 0 Å². The number of benzene rings is 1. The van der Waals surface area contributed by atoms with Crippen molar-refractivity contribution in [2.75, 3.05) is 0 Å². The minimum atomic E-state index is 0.131. The minimum Gasteiger partial charge on any atom is -0.486 e. The van der Waals surface area contributed by atoms with E-state index in [0.29, 0.717) is 5.56 Å². The van der Waals surface area contributed by atoms with Gasteiger partial charge in [0.2, 0.25) is 0 Å². The van der Waals surface area contributed by atoms with Gasteiger partial charge >= 0.3 is 0 Å². The van der Waals surface area contributed by atoms with Gasteiger partial charge in [0.15, 0.2) is 6.29 Å². The van der Waals surface area contributed by atoms with Crippen molar-refractivity contribution in [1.82, 2.24) is 0 Å². The number of carbonyl (C=O) groups is 1. The molecule has 0 fully saturated rings. The molecule has 2 rings (SSSR count). The van der Waals surface area contributed by atoms with Crippen LogP contribution in [0.2, 0.25) is 0 Å². The van der Waals surface area contributed by atoms with Crippen molar-refractivity contribution in [3.8, 4) is 5.75 Å². The molecule has 0 N–H and O–H groups in total. The molecule has 1 aromatic rings. The Hall–Kier alpha value is -1.09. The predicted molar refractivity (Wildman–Crippen MR) is 76.2 cm³/mol. The Morgan fingerprint density at radius 2 is 2.17 bits per heavy atom. The van der Waals surface area contributed by atoms with Gasteiger partial charge in [-0.3, -0.25) is 4.79 Å². The van der Waals surface area contributed by atoms with Crippen molar-refractivity contribution in [1.29, 1.82) is 0 Å². The first-order valence-corrected chi connectivity index (χ1v) is 7.17. The lowest BCUT2D eigenvalue weighted by Crippen LogP contribution is -2.14. The van der Waals surface area contributed by atoms with Gasteiger partial charge in [-0.2, -0.15) is 0 Å². The first-order chi connectivity index (χ1) is 8.79. The molecule has 0 spiro atoms. The van der Waals surface area contributed by atoms with Crippen LogP contribution in [0.4, 0.5) is 0 Å². The highest BCUT2D eigenvalue weighted by molar-refractivity contribution is 9.10. The van der Waals surface area contributed by atoms with Crippen LogP contribution >= 0.6 is 15.9 Å². The molecule has 1 aliphatic rings. The van der Waals surface area contributed by atoms with E-state index in [1.54, 1.807) is 6.07 Å². The van der Waals surface area contributed by atoms with Crippen LogP contribution < -0.4 is 4.74 Å². The van der Waals surface area contributed by atoms with Gasteiger partial charge in [-0.05, 0) is 50.0 Å². The minimum absolute atomic E-state index is 0.131. The maximum atomic E-state index is 10.9. The molecule has 18 heavy (non-hydrogen) atoms. The van der Waals surface area contributed by atoms with Gasteiger partial charge in [0, 0.05) is 10.0 Å². The van der Waals surface area contributed by atoms with E-state index in [0.717, 1.165) is 29.4 Å². The fourth-order valence-corrected chi connectivity index (χ4v) is 2.43. The Labute approximate surface area is 116 Å². The quantitative estimate of drug-likeness (QED) is 0.606. The Balaban J connectivity index is 2.07. The Morgan fingerprint density at radius 3 is 3.00 bits per heavy atom. The topological polar surface area (TPSA) is 26.3 Å². The highest BCUT2D eigenvalue weighted by atomic mass is 79.9. The number of rotatable bonds is 3. The molecule has 1 atom stereocenters. The molecule has 96 valence electrons. The van der Waals surface area contributed by atoms with Crippen LogP contribution in [-0.2, 0) is 0 Å². The van der Waals surface area contributed by atoms with E-state index in [2.05, 4.69) is 28.1 Å². The summed E-state index contributed by atoms with van der Waals surface area (Å²) in [5.74, 6) is 0.760. The lowest BCUT2D eigenvalue weighted by molar-refractivity contribution is 0.112. The second kappa shape index (κ2) is 6.74. The summed E-state index contributed by atoms with van der Waals surface area (Å²) in [5.41, 5.74) is 0.627. The van der Waals surface area contributed by atoms with Gasteiger partial charge < -0.3 is 4.74 Å². The second-order valence-electron chi connectivity index (χ2n) is 4.52. The van der Waals surface area contributed by atoms with Crippen molar-refractivity contribution in [2.24, 2.45) is 0 Å². The number of allylic oxidation sites excluding steroid dienone is 1. The van der Waals surface area contributed by atoms with E-state index in [4.69, 9.17) is 4.74 Å². The van der Waals surface area contributed by atoms with Crippen LogP contribution in [0, 0.1) is 0 Å². The SMILES string of the molecule is O=Cc1cc(OC2/C=C/CCCCC2)ccc1Br. The summed E-state index contributed by atoms with van der Waals surface area (Å²) in [6, 6.07) is 5.53. The number of halogens is 1. The predicted octanol–water partition coefficient (Wildman–Crippen LogP) is 4.53. The van der Waals surface area contributed by atoms with Crippen molar-refractivity contribution in [2.45, 2.75) is 38.2 Å². The van der Waals surface area contributed by atoms with Gasteiger partial charge in [-0.25, -0.2) is 0 Å². The van der Waals surface area contributed by atoms with Gasteiger partial charge in [0.05, 0.1) is 0 Å². The number of ether oxygens (including phenoxy) is 1. The highest BCUT2D eigenvalue weighted by Gasteiger charge is 2.09. The summed E-state index contributed by atoms with van der Waals surface area (Å²) < 4.78 is 6.73. The molecule has 0 saturated carbocycles. The van der Waals surface area contributed by atoms with Gasteiger partial charge in [0.25, 0.3) is 0 Å². The number of hydrogen-bond acceptors (Lipinski definition) is 2. The molecule has 0 saturated heterocycles. The normalized spacial score (nSPS) is 21.7. The average Bonchev–Trinajstić information content (AvgIpc) is 2.34. The average molecular weight is 309 g/mol. The van der Waals surface area contributed by atoms with Crippen LogP contribution in [-0.4, -0.2) is 12.4 Å². The van der Waals surface area contributed by atoms with Crippen molar-refractivity contribution in [3.63, 3.8) is 0 Å². The molecule has 1 aliphatic carbocycles. The number of aldehydes is 1. The monoisotopic (exact) mass is 308 g/mol. The van der Waals surface area contributed by atoms with Crippen molar-refractivity contribution < 1.29 is 9.53 Å². The van der Waals surface area contributed by atoms with E-state index < -0.39 is 0 Å². The molecule has 0 amide bonds. The first kappa shape index (κ1) is 13.3. The zero-order chi connectivity index (χ0) is 12.8. The summed E-state index contributed by atoms with van der Waals surface area (Å²) >= 11 is 3.34. The van der Waals surface area contributed by atoms with Crippen molar-refractivity contribution >= 4 is 22.2 Å². The fourth-order valence-electron chi connectivity index (χ4n) is 2.09. The molecule has 0 heterocycles. The van der Waals surface area contributed by atoms with Crippen LogP contribution in [0.3, 0.4) is 0 Å². The highest BCUT2D eigenvalue weighted by Crippen LogP contribution is 2.24. The molecule has 0 aromatic heterocycles. The van der Waals surface area contributed by atoms with E-state index in [1.807, 2.05) is 12.1 Å². The molecule has 0 radical (unpaired) electrons. The summed E-state index contributed by atoms with van der Waals surface area (Å²) in [6.07, 6.45) is 11.2. The van der Waals surface area contributed by atoms with Crippen LogP contribution in [0.25, 0.3) is 0 Å². The third kappa shape index (κ3) is 3.70. The Morgan fingerprint density at radius 1 is 1.28 bits per heavy atom. The fraction of sp³-hybridized carbons (Fsp3) is 0.400. The van der Waals surface area contributed by atoms with Gasteiger partial charge in [0.1, 0.15) is 11.9 Å². The smallest absolute Gasteiger partial charge is 0.151 e. The van der Waals surface area contributed by atoms with E-state index in [9.17, 15) is 4.79 Å². The van der Waals surface area contributed by atoms with Gasteiger partial charge in [-0.15, -0.1) is 0 Å². The molecule has 3 heteroatoms. The maximum Gasteiger partial charge on any atom is 0.151 e. The zero-order valence-electron chi connectivity index (χ0n) is 10.3. The van der Waals surface area contributed by atoms with Crippen LogP contribution in [0.15, 0.2) is 34.8 Å². The molecule has 2 nitrogen and oxygen atoms in total.